The van der Waals surface area contributed by atoms with Gasteiger partial charge in [-0.2, -0.15) is 5.10 Å². The number of carbonyl (C=O) groups excluding carboxylic acids is 2. The quantitative estimate of drug-likeness (QED) is 0.875. The number of nitrogens with zero attached hydrogens (tertiary/aromatic N) is 3. The number of hydrogen-bond donors (Lipinski definition) is 1. The van der Waals surface area contributed by atoms with Gasteiger partial charge in [-0.1, -0.05) is 18.2 Å². The van der Waals surface area contributed by atoms with Crippen molar-refractivity contribution in [3.8, 4) is 5.69 Å². The number of hydrogen-bond acceptors (Lipinski definition) is 3. The van der Waals surface area contributed by atoms with Gasteiger partial charge in [-0.05, 0) is 45.4 Å². The molecule has 2 amide bonds. The summed E-state index contributed by atoms with van der Waals surface area (Å²) >= 11 is 0. The second-order valence-corrected chi connectivity index (χ2v) is 7.01. The van der Waals surface area contributed by atoms with E-state index < -0.39 is 0 Å². The highest BCUT2D eigenvalue weighted by molar-refractivity contribution is 5.86. The number of aromatic nitrogens is 2. The first-order valence-corrected chi connectivity index (χ1v) is 8.46. The summed E-state index contributed by atoms with van der Waals surface area (Å²) < 4.78 is 1.74. The van der Waals surface area contributed by atoms with Gasteiger partial charge in [0, 0.05) is 18.3 Å². The molecule has 1 heterocycles. The van der Waals surface area contributed by atoms with Crippen LogP contribution in [0.1, 0.15) is 33.3 Å². The normalized spacial score (nSPS) is 11.2. The van der Waals surface area contributed by atoms with Crippen LogP contribution in [0.4, 0.5) is 0 Å². The predicted molar refractivity (Wildman–Crippen MR) is 97.4 cm³/mol. The van der Waals surface area contributed by atoms with Crippen LogP contribution in [-0.2, 0) is 16.0 Å². The van der Waals surface area contributed by atoms with E-state index in [4.69, 9.17) is 0 Å². The summed E-state index contributed by atoms with van der Waals surface area (Å²) in [7, 11) is 0. The minimum atomic E-state index is -0.309. The van der Waals surface area contributed by atoms with Crippen LogP contribution in [0.5, 0.6) is 0 Å². The van der Waals surface area contributed by atoms with E-state index in [-0.39, 0.29) is 30.3 Å². The van der Waals surface area contributed by atoms with Crippen molar-refractivity contribution in [2.75, 3.05) is 13.1 Å². The van der Waals surface area contributed by atoms with Crippen molar-refractivity contribution in [1.29, 1.82) is 0 Å². The smallest absolute Gasteiger partial charge is 0.240 e. The van der Waals surface area contributed by atoms with E-state index in [1.165, 1.54) is 0 Å². The summed E-state index contributed by atoms with van der Waals surface area (Å²) in [6.07, 6.45) is 3.76. The first-order chi connectivity index (χ1) is 11.8. The Morgan fingerprint density at radius 2 is 1.88 bits per heavy atom. The minimum Gasteiger partial charge on any atom is -0.350 e. The Morgan fingerprint density at radius 3 is 2.48 bits per heavy atom. The van der Waals surface area contributed by atoms with Crippen LogP contribution in [0, 0.1) is 0 Å². The van der Waals surface area contributed by atoms with Crippen molar-refractivity contribution >= 4 is 11.8 Å². The van der Waals surface area contributed by atoms with Crippen LogP contribution in [0.25, 0.3) is 5.69 Å². The molecule has 0 aliphatic rings. The Kier molecular flexibility index (Phi) is 5.96. The molecule has 0 spiro atoms. The molecular weight excluding hydrogens is 316 g/mol. The van der Waals surface area contributed by atoms with Gasteiger partial charge in [-0.25, -0.2) is 4.68 Å². The molecule has 25 heavy (non-hydrogen) atoms. The molecule has 1 N–H and O–H groups in total. The lowest BCUT2D eigenvalue weighted by atomic mass is 10.1. The average molecular weight is 342 g/mol. The SMILES string of the molecule is CCN(CC(=O)NC(C)(C)C)C(=O)Cc1cnn(-c2ccccc2)c1. The fourth-order valence-electron chi connectivity index (χ4n) is 2.47. The zero-order valence-corrected chi connectivity index (χ0v) is 15.3. The van der Waals surface area contributed by atoms with Crippen LogP contribution < -0.4 is 5.32 Å². The minimum absolute atomic E-state index is 0.0689. The molecule has 6 heteroatoms. The monoisotopic (exact) mass is 342 g/mol. The number of benzene rings is 1. The van der Waals surface area contributed by atoms with E-state index >= 15 is 0 Å². The summed E-state index contributed by atoms with van der Waals surface area (Å²) in [5.74, 6) is -0.234. The molecule has 134 valence electrons. The molecule has 0 atom stereocenters. The molecular formula is C19H26N4O2. The predicted octanol–water partition coefficient (Wildman–Crippen LogP) is 2.18. The molecule has 0 unspecified atom stereocenters. The van der Waals surface area contributed by atoms with E-state index in [2.05, 4.69) is 10.4 Å². The van der Waals surface area contributed by atoms with Crippen molar-refractivity contribution in [2.24, 2.45) is 0 Å². The molecule has 0 saturated heterocycles. The second-order valence-electron chi connectivity index (χ2n) is 7.01. The van der Waals surface area contributed by atoms with Crippen LogP contribution in [-0.4, -0.2) is 45.1 Å². The average Bonchev–Trinajstić information content (AvgIpc) is 3.00. The van der Waals surface area contributed by atoms with Gasteiger partial charge >= 0.3 is 0 Å². The first kappa shape index (κ1) is 18.7. The lowest BCUT2D eigenvalue weighted by Gasteiger charge is -2.25. The van der Waals surface area contributed by atoms with Gasteiger partial charge in [-0.15, -0.1) is 0 Å². The van der Waals surface area contributed by atoms with Crippen molar-refractivity contribution in [2.45, 2.75) is 39.7 Å². The largest absolute Gasteiger partial charge is 0.350 e. The van der Waals surface area contributed by atoms with Gasteiger partial charge in [0.15, 0.2) is 0 Å². The first-order valence-electron chi connectivity index (χ1n) is 8.46. The Labute approximate surface area is 148 Å². The molecule has 0 saturated carbocycles. The number of para-hydroxylation sites is 1. The molecule has 0 bridgehead atoms. The number of likely N-dealkylation sites (N-methyl/N-ethyl adjacent to an activating group) is 1. The fraction of sp³-hybridized carbons (Fsp3) is 0.421. The van der Waals surface area contributed by atoms with Crippen molar-refractivity contribution in [3.63, 3.8) is 0 Å². The summed E-state index contributed by atoms with van der Waals surface area (Å²) in [6, 6.07) is 9.73. The van der Waals surface area contributed by atoms with E-state index in [0.717, 1.165) is 11.3 Å². The third kappa shape index (κ3) is 5.74. The number of nitrogens with one attached hydrogen (secondary N) is 1. The van der Waals surface area contributed by atoms with E-state index in [1.54, 1.807) is 15.8 Å². The van der Waals surface area contributed by atoms with Gasteiger partial charge in [0.1, 0.15) is 0 Å². The number of carbonyl (C=O) groups is 2. The Hall–Kier alpha value is -2.63. The number of rotatable bonds is 6. The van der Waals surface area contributed by atoms with Crippen LogP contribution in [0.2, 0.25) is 0 Å². The molecule has 0 radical (unpaired) electrons. The van der Waals surface area contributed by atoms with Crippen LogP contribution in [0.15, 0.2) is 42.7 Å². The lowest BCUT2D eigenvalue weighted by molar-refractivity contribution is -0.135. The topological polar surface area (TPSA) is 67.2 Å². The van der Waals surface area contributed by atoms with Crippen LogP contribution in [0.3, 0.4) is 0 Å². The summed E-state index contributed by atoms with van der Waals surface area (Å²) in [5, 5.41) is 7.18. The van der Waals surface area contributed by atoms with E-state index in [1.807, 2.05) is 64.2 Å². The zero-order valence-electron chi connectivity index (χ0n) is 15.3. The summed E-state index contributed by atoms with van der Waals surface area (Å²) in [4.78, 5) is 26.1. The lowest BCUT2D eigenvalue weighted by Crippen LogP contribution is -2.47. The molecule has 0 fully saturated rings. The molecule has 6 nitrogen and oxygen atoms in total. The van der Waals surface area contributed by atoms with E-state index in [0.29, 0.717) is 6.54 Å². The second kappa shape index (κ2) is 7.96. The molecule has 0 aliphatic carbocycles. The molecule has 2 aromatic rings. The third-order valence-electron chi connectivity index (χ3n) is 3.60. The van der Waals surface area contributed by atoms with Gasteiger partial charge in [0.25, 0.3) is 0 Å². The molecule has 0 aliphatic heterocycles. The Morgan fingerprint density at radius 1 is 1.20 bits per heavy atom. The highest BCUT2D eigenvalue weighted by Gasteiger charge is 2.20. The maximum atomic E-state index is 12.5. The fourth-order valence-corrected chi connectivity index (χ4v) is 2.47. The molecule has 2 rings (SSSR count). The Balaban J connectivity index is 1.98. The summed E-state index contributed by atoms with van der Waals surface area (Å²) in [5.41, 5.74) is 1.46. The highest BCUT2D eigenvalue weighted by atomic mass is 16.2. The van der Waals surface area contributed by atoms with Gasteiger partial charge in [0.05, 0.1) is 24.8 Å². The number of amides is 2. The molecule has 1 aromatic heterocycles. The highest BCUT2D eigenvalue weighted by Crippen LogP contribution is 2.09. The maximum Gasteiger partial charge on any atom is 0.240 e. The van der Waals surface area contributed by atoms with Crippen molar-refractivity contribution < 1.29 is 9.59 Å². The standard InChI is InChI=1S/C19H26N4O2/c1-5-22(14-17(24)21-19(2,3)4)18(25)11-15-12-20-23(13-15)16-9-7-6-8-10-16/h6-10,12-13H,5,11,14H2,1-4H3,(H,21,24). The third-order valence-corrected chi connectivity index (χ3v) is 3.60. The summed E-state index contributed by atoms with van der Waals surface area (Å²) in [6.45, 7) is 8.18. The van der Waals surface area contributed by atoms with Crippen molar-refractivity contribution in [3.05, 3.63) is 48.3 Å². The maximum absolute atomic E-state index is 12.5. The van der Waals surface area contributed by atoms with Gasteiger partial charge in [-0.3, -0.25) is 9.59 Å². The Bertz CT molecular complexity index is 717. The van der Waals surface area contributed by atoms with Crippen molar-refractivity contribution in [1.82, 2.24) is 20.0 Å². The van der Waals surface area contributed by atoms with Crippen LogP contribution >= 0.6 is 0 Å². The molecule has 1 aromatic carbocycles. The zero-order chi connectivity index (χ0) is 18.4. The van der Waals surface area contributed by atoms with Gasteiger partial charge in [0.2, 0.25) is 11.8 Å². The van der Waals surface area contributed by atoms with Gasteiger partial charge < -0.3 is 10.2 Å². The van der Waals surface area contributed by atoms with E-state index in [9.17, 15) is 9.59 Å².